The molecule has 3 rings (SSSR count). The zero-order chi connectivity index (χ0) is 22.3. The second-order valence-corrected chi connectivity index (χ2v) is 10.4. The predicted molar refractivity (Wildman–Crippen MR) is 120 cm³/mol. The van der Waals surface area contributed by atoms with E-state index in [2.05, 4.69) is 4.72 Å². The number of hydrogen-bond donors (Lipinski definition) is 1. The van der Waals surface area contributed by atoms with Crippen molar-refractivity contribution in [3.05, 3.63) is 47.0 Å². The predicted octanol–water partition coefficient (Wildman–Crippen LogP) is 4.44. The maximum atomic E-state index is 13.0. The number of fused-ring (bicyclic) bond motifs is 1. The molecule has 2 aromatic carbocycles. The molecule has 1 heterocycles. The van der Waals surface area contributed by atoms with Crippen molar-refractivity contribution in [2.45, 2.75) is 52.9 Å². The number of anilines is 2. The van der Waals surface area contributed by atoms with Crippen LogP contribution in [-0.2, 0) is 21.2 Å². The Morgan fingerprint density at radius 1 is 1.13 bits per heavy atom. The molecule has 1 aliphatic rings. The van der Waals surface area contributed by atoms with Gasteiger partial charge in [-0.25, -0.2) is 8.42 Å². The van der Waals surface area contributed by atoms with Gasteiger partial charge in [-0.1, -0.05) is 20.8 Å². The van der Waals surface area contributed by atoms with E-state index in [9.17, 15) is 13.2 Å². The van der Waals surface area contributed by atoms with Gasteiger partial charge in [0.2, 0.25) is 5.91 Å². The molecule has 0 fully saturated rings. The minimum atomic E-state index is -3.75. The van der Waals surface area contributed by atoms with E-state index < -0.39 is 15.4 Å². The number of benzene rings is 2. The summed E-state index contributed by atoms with van der Waals surface area (Å²) >= 11 is 0. The maximum absolute atomic E-state index is 13.0. The van der Waals surface area contributed by atoms with Crippen LogP contribution in [0.15, 0.2) is 35.2 Å². The fourth-order valence-electron chi connectivity index (χ4n) is 3.73. The fourth-order valence-corrected chi connectivity index (χ4v) is 4.95. The lowest BCUT2D eigenvalue weighted by Crippen LogP contribution is -2.38. The van der Waals surface area contributed by atoms with Crippen molar-refractivity contribution >= 4 is 27.3 Å². The summed E-state index contributed by atoms with van der Waals surface area (Å²) in [6.07, 6.45) is 0.702. The van der Waals surface area contributed by atoms with Gasteiger partial charge in [-0.15, -0.1) is 0 Å². The van der Waals surface area contributed by atoms with Crippen LogP contribution in [0.4, 0.5) is 11.4 Å². The van der Waals surface area contributed by atoms with E-state index in [1.165, 1.54) is 0 Å². The highest BCUT2D eigenvalue weighted by atomic mass is 32.2. The first kappa shape index (κ1) is 22.2. The summed E-state index contributed by atoms with van der Waals surface area (Å²) in [7, 11) is -3.75. The molecule has 6 nitrogen and oxygen atoms in total. The number of nitrogens with zero attached hydrogens (tertiary/aromatic N) is 1. The third-order valence-electron chi connectivity index (χ3n) is 5.15. The van der Waals surface area contributed by atoms with E-state index in [0.29, 0.717) is 25.3 Å². The van der Waals surface area contributed by atoms with Crippen LogP contribution in [0.1, 0.15) is 44.4 Å². The van der Waals surface area contributed by atoms with Crippen LogP contribution in [0.5, 0.6) is 5.75 Å². The smallest absolute Gasteiger partial charge is 0.261 e. The number of aryl methyl sites for hydroxylation is 2. The lowest BCUT2D eigenvalue weighted by atomic mass is 9.94. The molecule has 162 valence electrons. The normalized spacial score (nSPS) is 13.9. The molecule has 0 atom stereocenters. The molecule has 0 aliphatic carbocycles. The number of hydrogen-bond acceptors (Lipinski definition) is 4. The van der Waals surface area contributed by atoms with E-state index in [0.717, 1.165) is 28.1 Å². The Labute approximate surface area is 179 Å². The molecule has 1 amide bonds. The number of carbonyl (C=O) groups excluding carboxylic acids is 1. The molecule has 1 N–H and O–H groups in total. The van der Waals surface area contributed by atoms with Gasteiger partial charge in [0.05, 0.1) is 11.5 Å². The summed E-state index contributed by atoms with van der Waals surface area (Å²) in [5.41, 5.74) is 3.40. The van der Waals surface area contributed by atoms with Crippen LogP contribution >= 0.6 is 0 Å². The summed E-state index contributed by atoms with van der Waals surface area (Å²) in [6, 6.07) is 8.59. The molecule has 0 radical (unpaired) electrons. The Morgan fingerprint density at radius 2 is 1.77 bits per heavy atom. The molecule has 2 aromatic rings. The minimum absolute atomic E-state index is 0.0647. The fraction of sp³-hybridized carbons (Fsp3) is 0.435. The number of amides is 1. The van der Waals surface area contributed by atoms with Gasteiger partial charge in [-0.05, 0) is 74.2 Å². The van der Waals surface area contributed by atoms with Gasteiger partial charge < -0.3 is 9.64 Å². The summed E-state index contributed by atoms with van der Waals surface area (Å²) in [5.74, 6) is 0.785. The zero-order valence-corrected chi connectivity index (χ0v) is 19.3. The molecular formula is C23H30N2O4S. The van der Waals surface area contributed by atoms with Crippen LogP contribution in [0.2, 0.25) is 0 Å². The van der Waals surface area contributed by atoms with Crippen LogP contribution < -0.4 is 14.4 Å². The summed E-state index contributed by atoms with van der Waals surface area (Å²) < 4.78 is 34.2. The summed E-state index contributed by atoms with van der Waals surface area (Å²) in [5, 5.41) is 0. The first-order valence-corrected chi connectivity index (χ1v) is 11.6. The van der Waals surface area contributed by atoms with Gasteiger partial charge >= 0.3 is 0 Å². The Morgan fingerprint density at radius 3 is 2.33 bits per heavy atom. The Hall–Kier alpha value is -2.54. The van der Waals surface area contributed by atoms with Crippen LogP contribution in [-0.4, -0.2) is 27.5 Å². The molecule has 0 saturated carbocycles. The molecule has 30 heavy (non-hydrogen) atoms. The van der Waals surface area contributed by atoms with E-state index in [4.69, 9.17) is 4.74 Å². The highest BCUT2D eigenvalue weighted by molar-refractivity contribution is 7.92. The van der Waals surface area contributed by atoms with Crippen molar-refractivity contribution in [2.24, 2.45) is 5.41 Å². The average Bonchev–Trinajstić information content (AvgIpc) is 3.05. The Kier molecular flexibility index (Phi) is 5.87. The van der Waals surface area contributed by atoms with Crippen molar-refractivity contribution in [3.8, 4) is 5.75 Å². The molecule has 7 heteroatoms. The second kappa shape index (κ2) is 7.95. The van der Waals surface area contributed by atoms with E-state index in [1.54, 1.807) is 23.1 Å². The Bertz CT molecular complexity index is 1060. The zero-order valence-electron chi connectivity index (χ0n) is 18.5. The van der Waals surface area contributed by atoms with Crippen LogP contribution in [0.3, 0.4) is 0 Å². The minimum Gasteiger partial charge on any atom is -0.493 e. The van der Waals surface area contributed by atoms with E-state index >= 15 is 0 Å². The van der Waals surface area contributed by atoms with Crippen molar-refractivity contribution < 1.29 is 17.9 Å². The van der Waals surface area contributed by atoms with Gasteiger partial charge in [0.15, 0.2) is 0 Å². The molecule has 0 saturated heterocycles. The maximum Gasteiger partial charge on any atom is 0.261 e. The molecule has 0 unspecified atom stereocenters. The first-order valence-electron chi connectivity index (χ1n) is 10.2. The molecule has 0 aromatic heterocycles. The highest BCUT2D eigenvalue weighted by Gasteiger charge is 2.32. The lowest BCUT2D eigenvalue weighted by Gasteiger charge is -2.26. The van der Waals surface area contributed by atoms with Gasteiger partial charge in [-0.3, -0.25) is 9.52 Å². The number of rotatable bonds is 5. The Balaban J connectivity index is 1.86. The van der Waals surface area contributed by atoms with Gasteiger partial charge in [0.25, 0.3) is 10.0 Å². The number of ether oxygens (including phenoxy) is 1. The number of sulfonamides is 1. The van der Waals surface area contributed by atoms with Crippen LogP contribution in [0.25, 0.3) is 0 Å². The van der Waals surface area contributed by atoms with Crippen LogP contribution in [0, 0.1) is 19.3 Å². The molecule has 0 bridgehead atoms. The molecular weight excluding hydrogens is 400 g/mol. The standard InChI is InChI=1S/C23H30N2O4S/c1-7-29-21-15(2)12-19(13-16(21)3)30(27,28)24-18-8-9-20-17(14-18)10-11-25(20)22(26)23(4,5)6/h8-9,12-14,24H,7,10-11H2,1-6H3. The van der Waals surface area contributed by atoms with Crippen molar-refractivity contribution in [2.75, 3.05) is 22.8 Å². The average molecular weight is 431 g/mol. The van der Waals surface area contributed by atoms with Gasteiger partial charge in [-0.2, -0.15) is 0 Å². The monoisotopic (exact) mass is 430 g/mol. The third-order valence-corrected chi connectivity index (χ3v) is 6.51. The lowest BCUT2D eigenvalue weighted by molar-refractivity contribution is -0.125. The molecule has 0 spiro atoms. The van der Waals surface area contributed by atoms with Gasteiger partial charge in [0.1, 0.15) is 5.75 Å². The quantitative estimate of drug-likeness (QED) is 0.761. The van der Waals surface area contributed by atoms with E-state index in [1.807, 2.05) is 53.7 Å². The number of carbonyl (C=O) groups is 1. The van der Waals surface area contributed by atoms with Crippen molar-refractivity contribution in [3.63, 3.8) is 0 Å². The highest BCUT2D eigenvalue weighted by Crippen LogP contribution is 2.34. The molecule has 1 aliphatic heterocycles. The van der Waals surface area contributed by atoms with Crippen molar-refractivity contribution in [1.29, 1.82) is 0 Å². The largest absolute Gasteiger partial charge is 0.493 e. The van der Waals surface area contributed by atoms with Crippen molar-refractivity contribution in [1.82, 2.24) is 0 Å². The third kappa shape index (κ3) is 4.31. The SMILES string of the molecule is CCOc1c(C)cc(S(=O)(=O)Nc2ccc3c(c2)CCN3C(=O)C(C)(C)C)cc1C. The topological polar surface area (TPSA) is 75.7 Å². The second-order valence-electron chi connectivity index (χ2n) is 8.72. The van der Waals surface area contributed by atoms with Gasteiger partial charge in [0, 0.05) is 23.3 Å². The van der Waals surface area contributed by atoms with E-state index in [-0.39, 0.29) is 10.8 Å². The summed E-state index contributed by atoms with van der Waals surface area (Å²) in [4.78, 5) is 14.7. The number of nitrogens with one attached hydrogen (secondary N) is 1. The summed E-state index contributed by atoms with van der Waals surface area (Å²) in [6.45, 7) is 12.4. The first-order chi connectivity index (χ1) is 13.9.